The van der Waals surface area contributed by atoms with E-state index in [1.807, 2.05) is 18.3 Å². The molecule has 0 aliphatic carbocycles. The van der Waals surface area contributed by atoms with Crippen LogP contribution in [-0.2, 0) is 11.3 Å². The van der Waals surface area contributed by atoms with E-state index in [2.05, 4.69) is 45.6 Å². The summed E-state index contributed by atoms with van der Waals surface area (Å²) in [5.41, 5.74) is 2.22. The lowest BCUT2D eigenvalue weighted by molar-refractivity contribution is 0.121. The van der Waals surface area contributed by atoms with Gasteiger partial charge in [0.25, 0.3) is 0 Å². The lowest BCUT2D eigenvalue weighted by Gasteiger charge is -2.32. The molecule has 0 saturated carbocycles. The van der Waals surface area contributed by atoms with Gasteiger partial charge in [0, 0.05) is 38.3 Å². The van der Waals surface area contributed by atoms with Gasteiger partial charge in [0.2, 0.25) is 0 Å². The Morgan fingerprint density at radius 3 is 2.76 bits per heavy atom. The molecule has 1 aromatic carbocycles. The maximum Gasteiger partial charge on any atom is 0.191 e. The van der Waals surface area contributed by atoms with Crippen molar-refractivity contribution < 1.29 is 4.74 Å². The quantitative estimate of drug-likeness (QED) is 0.324. The van der Waals surface area contributed by atoms with Crippen LogP contribution in [0.5, 0.6) is 0 Å². The number of piperidine rings is 1. The van der Waals surface area contributed by atoms with Crippen LogP contribution in [0.4, 0.5) is 0 Å². The third-order valence-corrected chi connectivity index (χ3v) is 5.37. The van der Waals surface area contributed by atoms with Gasteiger partial charge in [-0.15, -0.1) is 24.0 Å². The number of ether oxygens (including phenoxy) is 1. The number of hydrogen-bond donors (Lipinski definition) is 2. The number of nitrogens with zero attached hydrogens (tertiary/aromatic N) is 3. The zero-order valence-electron chi connectivity index (χ0n) is 17.6. The fourth-order valence-electron chi connectivity index (χ4n) is 3.67. The predicted molar refractivity (Wildman–Crippen MR) is 131 cm³/mol. The van der Waals surface area contributed by atoms with Gasteiger partial charge in [0.1, 0.15) is 0 Å². The highest BCUT2D eigenvalue weighted by Crippen LogP contribution is 2.17. The topological polar surface area (TPSA) is 61.8 Å². The van der Waals surface area contributed by atoms with E-state index in [-0.39, 0.29) is 24.0 Å². The minimum atomic E-state index is 0. The Morgan fingerprint density at radius 1 is 1.21 bits per heavy atom. The summed E-state index contributed by atoms with van der Waals surface area (Å²) >= 11 is 0. The van der Waals surface area contributed by atoms with Gasteiger partial charge in [0.05, 0.1) is 18.7 Å². The molecule has 2 aromatic rings. The fourth-order valence-corrected chi connectivity index (χ4v) is 3.67. The highest BCUT2D eigenvalue weighted by Gasteiger charge is 2.19. The van der Waals surface area contributed by atoms with Crippen LogP contribution in [0.15, 0.2) is 41.5 Å². The van der Waals surface area contributed by atoms with Gasteiger partial charge in [-0.2, -0.15) is 0 Å². The summed E-state index contributed by atoms with van der Waals surface area (Å²) in [6, 6.07) is 10.3. The average Bonchev–Trinajstić information content (AvgIpc) is 2.75. The molecule has 0 atom stereocenters. The van der Waals surface area contributed by atoms with Gasteiger partial charge >= 0.3 is 0 Å². The molecule has 3 rings (SSSR count). The van der Waals surface area contributed by atoms with Gasteiger partial charge in [-0.1, -0.05) is 18.2 Å². The molecule has 2 N–H and O–H groups in total. The van der Waals surface area contributed by atoms with E-state index in [0.29, 0.717) is 12.5 Å². The zero-order valence-corrected chi connectivity index (χ0v) is 19.9. The number of nitrogens with one attached hydrogen (secondary N) is 2. The van der Waals surface area contributed by atoms with Crippen molar-refractivity contribution in [3.8, 4) is 0 Å². The second-order valence-electron chi connectivity index (χ2n) is 7.34. The molecule has 1 aromatic heterocycles. The molecule has 160 valence electrons. The zero-order chi connectivity index (χ0) is 19.6. The normalized spacial score (nSPS) is 15.9. The van der Waals surface area contributed by atoms with Crippen molar-refractivity contribution in [2.45, 2.75) is 26.3 Å². The Bertz CT molecular complexity index is 756. The van der Waals surface area contributed by atoms with E-state index >= 15 is 0 Å². The summed E-state index contributed by atoms with van der Waals surface area (Å²) in [4.78, 5) is 11.7. The molecule has 2 heterocycles. The van der Waals surface area contributed by atoms with Crippen LogP contribution in [0, 0.1) is 5.92 Å². The lowest BCUT2D eigenvalue weighted by atomic mass is 9.97. The third-order valence-electron chi connectivity index (χ3n) is 5.37. The summed E-state index contributed by atoms with van der Waals surface area (Å²) < 4.78 is 5.19. The number of benzene rings is 1. The van der Waals surface area contributed by atoms with Gasteiger partial charge < -0.3 is 20.3 Å². The van der Waals surface area contributed by atoms with Crippen molar-refractivity contribution in [3.05, 3.63) is 42.1 Å². The van der Waals surface area contributed by atoms with Crippen molar-refractivity contribution in [3.63, 3.8) is 0 Å². The number of aromatic nitrogens is 1. The smallest absolute Gasteiger partial charge is 0.191 e. The number of halogens is 1. The van der Waals surface area contributed by atoms with Crippen molar-refractivity contribution >= 4 is 40.8 Å². The number of likely N-dealkylation sites (tertiary alicyclic amines) is 1. The Morgan fingerprint density at radius 2 is 2.00 bits per heavy atom. The van der Waals surface area contributed by atoms with Crippen LogP contribution in [0.1, 0.15) is 25.3 Å². The van der Waals surface area contributed by atoms with Gasteiger partial charge in [-0.3, -0.25) is 4.98 Å². The Kier molecular flexibility index (Phi) is 10.7. The summed E-state index contributed by atoms with van der Waals surface area (Å²) in [5, 5.41) is 8.09. The Balaban J connectivity index is 0.00000300. The molecule has 6 nitrogen and oxygen atoms in total. The monoisotopic (exact) mass is 511 g/mol. The van der Waals surface area contributed by atoms with E-state index in [1.54, 1.807) is 7.11 Å². The van der Waals surface area contributed by atoms with Crippen molar-refractivity contribution in [1.82, 2.24) is 20.5 Å². The SMILES string of the molecule is CCNC(=NCc1ccnc2ccccc12)NCC1CCN(CCOC)CC1.I. The van der Waals surface area contributed by atoms with Crippen LogP contribution in [0.25, 0.3) is 10.9 Å². The molecule has 7 heteroatoms. The molecule has 0 unspecified atom stereocenters. The first-order chi connectivity index (χ1) is 13.8. The summed E-state index contributed by atoms with van der Waals surface area (Å²) in [6.07, 6.45) is 4.32. The second-order valence-corrected chi connectivity index (χ2v) is 7.34. The molecule has 0 spiro atoms. The fraction of sp³-hybridized carbons (Fsp3) is 0.545. The molecule has 1 saturated heterocycles. The average molecular weight is 511 g/mol. The van der Waals surface area contributed by atoms with Gasteiger partial charge in [-0.25, -0.2) is 4.99 Å². The van der Waals surface area contributed by atoms with Crippen molar-refractivity contribution in [1.29, 1.82) is 0 Å². The minimum Gasteiger partial charge on any atom is -0.383 e. The first-order valence-corrected chi connectivity index (χ1v) is 10.4. The summed E-state index contributed by atoms with van der Waals surface area (Å²) in [6.45, 7) is 8.77. The van der Waals surface area contributed by atoms with Crippen molar-refractivity contribution in [2.75, 3.05) is 46.4 Å². The Labute approximate surface area is 191 Å². The van der Waals surface area contributed by atoms with Crippen LogP contribution in [0.3, 0.4) is 0 Å². The first-order valence-electron chi connectivity index (χ1n) is 10.4. The van der Waals surface area contributed by atoms with E-state index in [0.717, 1.165) is 50.8 Å². The molecule has 1 aliphatic rings. The maximum absolute atomic E-state index is 5.19. The number of guanidine groups is 1. The highest BCUT2D eigenvalue weighted by molar-refractivity contribution is 14.0. The van der Waals surface area contributed by atoms with Gasteiger partial charge in [-0.05, 0) is 56.5 Å². The lowest BCUT2D eigenvalue weighted by Crippen LogP contribution is -2.43. The molecule has 0 amide bonds. The van der Waals surface area contributed by atoms with Crippen LogP contribution >= 0.6 is 24.0 Å². The number of para-hydroxylation sites is 1. The number of aliphatic imine (C=N–C) groups is 1. The number of hydrogen-bond acceptors (Lipinski definition) is 4. The molecule has 0 radical (unpaired) electrons. The molecular formula is C22H34IN5O. The summed E-state index contributed by atoms with van der Waals surface area (Å²) in [5.74, 6) is 1.59. The highest BCUT2D eigenvalue weighted by atomic mass is 127. The second kappa shape index (κ2) is 13.0. The number of rotatable bonds is 8. The van der Waals surface area contributed by atoms with Crippen LogP contribution in [0.2, 0.25) is 0 Å². The van der Waals surface area contributed by atoms with Crippen LogP contribution in [-0.4, -0.2) is 62.3 Å². The molecular weight excluding hydrogens is 477 g/mol. The molecule has 0 bridgehead atoms. The minimum absolute atomic E-state index is 0. The molecule has 1 aliphatic heterocycles. The Hall–Kier alpha value is -1.45. The van der Waals surface area contributed by atoms with Gasteiger partial charge in [0.15, 0.2) is 5.96 Å². The first kappa shape index (κ1) is 23.8. The number of methoxy groups -OCH3 is 1. The molecule has 1 fully saturated rings. The van der Waals surface area contributed by atoms with E-state index in [1.165, 1.54) is 23.8 Å². The molecule has 29 heavy (non-hydrogen) atoms. The standard InChI is InChI=1S/C22H33N5O.HI/c1-3-23-22(25-16-18-9-12-27(13-10-18)14-15-28-2)26-17-19-8-11-24-21-7-5-4-6-20(19)21;/h4-8,11,18H,3,9-10,12-17H2,1-2H3,(H2,23,25,26);1H. The predicted octanol–water partition coefficient (Wildman–Crippen LogP) is 3.27. The number of pyridine rings is 1. The summed E-state index contributed by atoms with van der Waals surface area (Å²) in [7, 11) is 1.77. The van der Waals surface area contributed by atoms with E-state index in [4.69, 9.17) is 9.73 Å². The van der Waals surface area contributed by atoms with Crippen LogP contribution < -0.4 is 10.6 Å². The third kappa shape index (κ3) is 7.38. The number of fused-ring (bicyclic) bond motifs is 1. The van der Waals surface area contributed by atoms with E-state index < -0.39 is 0 Å². The largest absolute Gasteiger partial charge is 0.383 e. The maximum atomic E-state index is 5.19. The van der Waals surface area contributed by atoms with Crippen molar-refractivity contribution in [2.24, 2.45) is 10.9 Å². The van der Waals surface area contributed by atoms with E-state index in [9.17, 15) is 0 Å².